The lowest BCUT2D eigenvalue weighted by molar-refractivity contribution is 0.0975. The molecule has 0 nitrogen and oxygen atoms in total. The third kappa shape index (κ3) is 1.06. The molecule has 58 valence electrons. The third-order valence-electron chi connectivity index (χ3n) is 3.24. The molecule has 0 aliphatic heterocycles. The number of fused-ring (bicyclic) bond motifs is 4. The molecule has 0 atom stereocenters. The number of alkyl halides is 1. The van der Waals surface area contributed by atoms with Crippen molar-refractivity contribution < 1.29 is 4.39 Å². The van der Waals surface area contributed by atoms with Gasteiger partial charge in [-0.15, -0.1) is 0 Å². The zero-order valence-corrected chi connectivity index (χ0v) is 6.41. The predicted octanol–water partition coefficient (Wildman–Crippen LogP) is 3.07. The Morgan fingerprint density at radius 1 is 1.00 bits per heavy atom. The van der Waals surface area contributed by atoms with Crippen LogP contribution in [0.25, 0.3) is 0 Å². The van der Waals surface area contributed by atoms with Crippen molar-refractivity contribution in [2.24, 2.45) is 5.92 Å². The van der Waals surface area contributed by atoms with Crippen LogP contribution < -0.4 is 0 Å². The lowest BCUT2D eigenvalue weighted by Gasteiger charge is -2.28. The van der Waals surface area contributed by atoms with Gasteiger partial charge in [-0.05, 0) is 44.4 Å². The predicted molar refractivity (Wildman–Crippen MR) is 39.6 cm³/mol. The molecule has 0 saturated heterocycles. The van der Waals surface area contributed by atoms with Crippen molar-refractivity contribution in [2.45, 2.75) is 50.6 Å². The second-order valence-corrected chi connectivity index (χ2v) is 3.99. The second-order valence-electron chi connectivity index (χ2n) is 3.99. The lowest BCUT2D eigenvalue weighted by Crippen LogP contribution is -2.25. The van der Waals surface area contributed by atoms with Gasteiger partial charge in [-0.2, -0.15) is 0 Å². The quantitative estimate of drug-likeness (QED) is 0.487. The maximum absolute atomic E-state index is 13.6. The molecule has 0 heterocycles. The van der Waals surface area contributed by atoms with Crippen LogP contribution in [0.2, 0.25) is 0 Å². The van der Waals surface area contributed by atoms with E-state index in [0.29, 0.717) is 0 Å². The normalized spacial score (nSPS) is 47.1. The van der Waals surface area contributed by atoms with E-state index in [4.69, 9.17) is 0 Å². The van der Waals surface area contributed by atoms with Crippen molar-refractivity contribution >= 4 is 0 Å². The molecule has 0 aromatic rings. The van der Waals surface area contributed by atoms with Crippen molar-refractivity contribution in [1.29, 1.82) is 0 Å². The molecule has 2 bridgehead atoms. The molecule has 1 heteroatoms. The Labute approximate surface area is 61.8 Å². The van der Waals surface area contributed by atoms with E-state index in [-0.39, 0.29) is 0 Å². The largest absolute Gasteiger partial charge is 0.244 e. The van der Waals surface area contributed by atoms with Crippen LogP contribution in [0.4, 0.5) is 4.39 Å². The molecular weight excluding hydrogens is 127 g/mol. The Bertz CT molecular complexity index is 117. The summed E-state index contributed by atoms with van der Waals surface area (Å²) in [4.78, 5) is 0. The topological polar surface area (TPSA) is 0 Å². The van der Waals surface area contributed by atoms with Gasteiger partial charge >= 0.3 is 0 Å². The SMILES string of the molecule is FC12CCCC(CC1)CC2. The van der Waals surface area contributed by atoms with Crippen LogP contribution in [0, 0.1) is 5.92 Å². The van der Waals surface area contributed by atoms with Crippen LogP contribution >= 0.6 is 0 Å². The van der Waals surface area contributed by atoms with Crippen LogP contribution in [0.1, 0.15) is 44.9 Å². The molecule has 0 radical (unpaired) electrons. The number of rotatable bonds is 0. The first kappa shape index (κ1) is 6.63. The van der Waals surface area contributed by atoms with Gasteiger partial charge in [0.05, 0.1) is 0 Å². The van der Waals surface area contributed by atoms with Gasteiger partial charge < -0.3 is 0 Å². The Kier molecular flexibility index (Phi) is 1.47. The van der Waals surface area contributed by atoms with E-state index < -0.39 is 5.67 Å². The average molecular weight is 142 g/mol. The first-order chi connectivity index (χ1) is 4.79. The van der Waals surface area contributed by atoms with Crippen molar-refractivity contribution in [3.05, 3.63) is 0 Å². The Morgan fingerprint density at radius 3 is 2.40 bits per heavy atom. The minimum Gasteiger partial charge on any atom is -0.244 e. The number of hydrogen-bond acceptors (Lipinski definition) is 0. The van der Waals surface area contributed by atoms with E-state index in [1.54, 1.807) is 0 Å². The van der Waals surface area contributed by atoms with Crippen molar-refractivity contribution in [3.63, 3.8) is 0 Å². The molecule has 10 heavy (non-hydrogen) atoms. The fourth-order valence-corrected chi connectivity index (χ4v) is 2.44. The lowest BCUT2D eigenvalue weighted by atomic mass is 9.82. The first-order valence-electron chi connectivity index (χ1n) is 4.47. The summed E-state index contributed by atoms with van der Waals surface area (Å²) in [7, 11) is 0. The molecule has 0 aromatic heterocycles. The highest BCUT2D eigenvalue weighted by Gasteiger charge is 2.37. The van der Waals surface area contributed by atoms with Crippen molar-refractivity contribution in [2.75, 3.05) is 0 Å². The highest BCUT2D eigenvalue weighted by Crippen LogP contribution is 2.44. The highest BCUT2D eigenvalue weighted by atomic mass is 19.1. The van der Waals surface area contributed by atoms with Crippen LogP contribution in [0.3, 0.4) is 0 Å². The molecule has 0 spiro atoms. The molecule has 0 unspecified atom stereocenters. The minimum atomic E-state index is -0.729. The van der Waals surface area contributed by atoms with Gasteiger partial charge in [0, 0.05) is 0 Å². The fraction of sp³-hybridized carbons (Fsp3) is 1.00. The third-order valence-corrected chi connectivity index (χ3v) is 3.24. The van der Waals surface area contributed by atoms with Crippen LogP contribution in [-0.2, 0) is 0 Å². The number of halogens is 1. The van der Waals surface area contributed by atoms with Crippen LogP contribution in [-0.4, -0.2) is 5.67 Å². The smallest absolute Gasteiger partial charge is 0.111 e. The summed E-state index contributed by atoms with van der Waals surface area (Å²) in [6.45, 7) is 0. The van der Waals surface area contributed by atoms with E-state index in [1.165, 1.54) is 6.42 Å². The molecule has 3 saturated carbocycles. The van der Waals surface area contributed by atoms with E-state index in [2.05, 4.69) is 0 Å². The molecule has 3 aliphatic carbocycles. The summed E-state index contributed by atoms with van der Waals surface area (Å²) in [5.41, 5.74) is -0.729. The van der Waals surface area contributed by atoms with Crippen molar-refractivity contribution in [1.82, 2.24) is 0 Å². The average Bonchev–Trinajstić information content (AvgIpc) is 2.19. The monoisotopic (exact) mass is 142 g/mol. The summed E-state index contributed by atoms with van der Waals surface area (Å²) in [6.07, 6.45) is 7.33. The highest BCUT2D eigenvalue weighted by molar-refractivity contribution is 4.89. The Morgan fingerprint density at radius 2 is 1.70 bits per heavy atom. The molecular formula is C9H15F. The molecule has 0 N–H and O–H groups in total. The van der Waals surface area contributed by atoms with E-state index >= 15 is 0 Å². The summed E-state index contributed by atoms with van der Waals surface area (Å²) >= 11 is 0. The first-order valence-corrected chi connectivity index (χ1v) is 4.47. The number of hydrogen-bond donors (Lipinski definition) is 0. The molecule has 0 amide bonds. The Hall–Kier alpha value is -0.0700. The maximum atomic E-state index is 13.6. The van der Waals surface area contributed by atoms with Crippen molar-refractivity contribution in [3.8, 4) is 0 Å². The van der Waals surface area contributed by atoms with E-state index in [9.17, 15) is 4.39 Å². The van der Waals surface area contributed by atoms with Gasteiger partial charge in [-0.25, -0.2) is 4.39 Å². The van der Waals surface area contributed by atoms with Gasteiger partial charge in [-0.1, -0.05) is 6.42 Å². The van der Waals surface area contributed by atoms with Gasteiger partial charge in [-0.3, -0.25) is 0 Å². The zero-order chi connectivity index (χ0) is 7.03. The second kappa shape index (κ2) is 2.21. The Balaban J connectivity index is 2.11. The molecule has 3 fully saturated rings. The van der Waals surface area contributed by atoms with Crippen LogP contribution in [0.5, 0.6) is 0 Å². The summed E-state index contributed by atoms with van der Waals surface area (Å²) in [5, 5.41) is 0. The van der Waals surface area contributed by atoms with Gasteiger partial charge in [0.15, 0.2) is 0 Å². The van der Waals surface area contributed by atoms with E-state index in [0.717, 1.165) is 44.4 Å². The molecule has 0 aromatic carbocycles. The molecule has 3 aliphatic rings. The minimum absolute atomic E-state index is 0.729. The van der Waals surface area contributed by atoms with Gasteiger partial charge in [0.25, 0.3) is 0 Å². The standard InChI is InChI=1S/C9H15F/c10-9-5-1-2-8(3-6-9)4-7-9/h8H,1-7H2. The summed E-state index contributed by atoms with van der Waals surface area (Å²) < 4.78 is 13.6. The van der Waals surface area contributed by atoms with E-state index in [1.807, 2.05) is 0 Å². The maximum Gasteiger partial charge on any atom is 0.111 e. The van der Waals surface area contributed by atoms with Crippen LogP contribution in [0.15, 0.2) is 0 Å². The fourth-order valence-electron chi connectivity index (χ4n) is 2.44. The van der Waals surface area contributed by atoms with Gasteiger partial charge in [0.2, 0.25) is 0 Å². The summed E-state index contributed by atoms with van der Waals surface area (Å²) in [5.74, 6) is 0.881. The van der Waals surface area contributed by atoms with Gasteiger partial charge in [0.1, 0.15) is 5.67 Å². The molecule has 3 rings (SSSR count). The zero-order valence-electron chi connectivity index (χ0n) is 6.41. The summed E-state index contributed by atoms with van der Waals surface area (Å²) in [6, 6.07) is 0.